The Balaban J connectivity index is 2.06. The highest BCUT2D eigenvalue weighted by Gasteiger charge is 2.17. The Morgan fingerprint density at radius 2 is 1.78 bits per heavy atom. The van der Waals surface area contributed by atoms with Crippen LogP contribution in [0.5, 0.6) is 0 Å². The van der Waals surface area contributed by atoms with Gasteiger partial charge in [-0.15, -0.1) is 0 Å². The molecule has 1 aliphatic carbocycles. The summed E-state index contributed by atoms with van der Waals surface area (Å²) in [6.45, 7) is 0. The van der Waals surface area contributed by atoms with E-state index in [1.807, 2.05) is 24.3 Å². The summed E-state index contributed by atoms with van der Waals surface area (Å²) >= 11 is 0. The van der Waals surface area contributed by atoms with Crippen molar-refractivity contribution in [2.24, 2.45) is 4.99 Å². The van der Waals surface area contributed by atoms with Gasteiger partial charge in [-0.1, -0.05) is 24.3 Å². The van der Waals surface area contributed by atoms with Gasteiger partial charge in [-0.3, -0.25) is 0 Å². The van der Waals surface area contributed by atoms with E-state index in [1.54, 1.807) is 0 Å². The van der Waals surface area contributed by atoms with E-state index >= 15 is 0 Å². The van der Waals surface area contributed by atoms with Crippen LogP contribution in [-0.4, -0.2) is 5.71 Å². The predicted octanol–water partition coefficient (Wildman–Crippen LogP) is 4.03. The highest BCUT2D eigenvalue weighted by molar-refractivity contribution is 6.05. The van der Waals surface area contributed by atoms with Crippen LogP contribution < -0.4 is 0 Å². The number of hydrogen-bond acceptors (Lipinski definition) is 1. The third kappa shape index (κ3) is 1.92. The quantitative estimate of drug-likeness (QED) is 0.717. The molecular weight excluding hydrogens is 232 g/mol. The molecule has 0 aliphatic heterocycles. The summed E-state index contributed by atoms with van der Waals surface area (Å²) in [5.74, 6) is -0.963. The van der Waals surface area contributed by atoms with Crippen LogP contribution >= 0.6 is 0 Å². The summed E-state index contributed by atoms with van der Waals surface area (Å²) in [7, 11) is 0. The average Bonchev–Trinajstić information content (AvgIpc) is 2.78. The standard InChI is InChI=1S/C15H11F2N/c16-11-6-7-13(17)15(9-11)18-14-8-5-10-3-1-2-4-12(10)14/h1-4,6-7,9H,5,8H2. The zero-order chi connectivity index (χ0) is 12.5. The second-order valence-corrected chi connectivity index (χ2v) is 4.31. The molecule has 0 saturated heterocycles. The first-order chi connectivity index (χ1) is 8.74. The predicted molar refractivity (Wildman–Crippen MR) is 67.3 cm³/mol. The van der Waals surface area contributed by atoms with Crippen molar-refractivity contribution in [3.05, 3.63) is 65.2 Å². The first-order valence-electron chi connectivity index (χ1n) is 5.85. The molecule has 3 heteroatoms. The molecule has 90 valence electrons. The first-order valence-corrected chi connectivity index (χ1v) is 5.85. The fourth-order valence-corrected chi connectivity index (χ4v) is 2.24. The van der Waals surface area contributed by atoms with Crippen molar-refractivity contribution >= 4 is 11.4 Å². The highest BCUT2D eigenvalue weighted by Crippen LogP contribution is 2.26. The van der Waals surface area contributed by atoms with Crippen molar-refractivity contribution in [2.75, 3.05) is 0 Å². The molecule has 0 aromatic heterocycles. The minimum Gasteiger partial charge on any atom is -0.250 e. The molecule has 2 aromatic rings. The molecule has 0 saturated carbocycles. The zero-order valence-electron chi connectivity index (χ0n) is 9.66. The van der Waals surface area contributed by atoms with Crippen LogP contribution in [0.1, 0.15) is 17.5 Å². The number of nitrogens with zero attached hydrogens (tertiary/aromatic N) is 1. The number of fused-ring (bicyclic) bond motifs is 1. The molecule has 0 radical (unpaired) electrons. The van der Waals surface area contributed by atoms with Gasteiger partial charge in [0, 0.05) is 11.8 Å². The normalized spacial score (nSPS) is 16.0. The number of rotatable bonds is 1. The lowest BCUT2D eigenvalue weighted by molar-refractivity contribution is 0.602. The second-order valence-electron chi connectivity index (χ2n) is 4.31. The zero-order valence-corrected chi connectivity index (χ0v) is 9.66. The molecule has 1 nitrogen and oxygen atoms in total. The summed E-state index contributed by atoms with van der Waals surface area (Å²) < 4.78 is 26.6. The lowest BCUT2D eigenvalue weighted by Crippen LogP contribution is -1.94. The van der Waals surface area contributed by atoms with Gasteiger partial charge in [0.1, 0.15) is 17.3 Å². The number of aliphatic imine (C=N–C) groups is 1. The summed E-state index contributed by atoms with van der Waals surface area (Å²) in [6.07, 6.45) is 1.68. The fraction of sp³-hybridized carbons (Fsp3) is 0.133. The highest BCUT2D eigenvalue weighted by atomic mass is 19.1. The minimum atomic E-state index is -0.492. The van der Waals surface area contributed by atoms with Gasteiger partial charge in [-0.05, 0) is 36.1 Å². The van der Waals surface area contributed by atoms with Gasteiger partial charge >= 0.3 is 0 Å². The molecule has 0 N–H and O–H groups in total. The van der Waals surface area contributed by atoms with Crippen molar-refractivity contribution in [2.45, 2.75) is 12.8 Å². The molecule has 0 bridgehead atoms. The Labute approximate surface area is 104 Å². The number of hydrogen-bond donors (Lipinski definition) is 0. The van der Waals surface area contributed by atoms with Gasteiger partial charge < -0.3 is 0 Å². The van der Waals surface area contributed by atoms with Crippen molar-refractivity contribution in [3.8, 4) is 0 Å². The van der Waals surface area contributed by atoms with E-state index < -0.39 is 11.6 Å². The smallest absolute Gasteiger partial charge is 0.149 e. The molecule has 0 unspecified atom stereocenters. The summed E-state index contributed by atoms with van der Waals surface area (Å²) in [5.41, 5.74) is 3.16. The van der Waals surface area contributed by atoms with Gasteiger partial charge in [0.05, 0.1) is 0 Å². The Kier molecular flexibility index (Phi) is 2.67. The van der Waals surface area contributed by atoms with E-state index in [9.17, 15) is 8.78 Å². The second kappa shape index (κ2) is 4.33. The van der Waals surface area contributed by atoms with Crippen molar-refractivity contribution < 1.29 is 8.78 Å². The third-order valence-electron chi connectivity index (χ3n) is 3.12. The van der Waals surface area contributed by atoms with Crippen LogP contribution in [0, 0.1) is 11.6 Å². The van der Waals surface area contributed by atoms with E-state index in [2.05, 4.69) is 4.99 Å². The van der Waals surface area contributed by atoms with E-state index in [0.717, 1.165) is 42.3 Å². The molecule has 0 amide bonds. The van der Waals surface area contributed by atoms with Crippen LogP contribution in [0.3, 0.4) is 0 Å². The van der Waals surface area contributed by atoms with E-state index in [-0.39, 0.29) is 5.69 Å². The summed E-state index contributed by atoms with van der Waals surface area (Å²) in [5, 5.41) is 0. The van der Waals surface area contributed by atoms with E-state index in [4.69, 9.17) is 0 Å². The number of halogens is 2. The fourth-order valence-electron chi connectivity index (χ4n) is 2.24. The largest absolute Gasteiger partial charge is 0.250 e. The Bertz CT molecular complexity index is 632. The molecule has 1 aliphatic rings. The maximum absolute atomic E-state index is 13.5. The van der Waals surface area contributed by atoms with Gasteiger partial charge in [0.2, 0.25) is 0 Å². The molecule has 2 aromatic carbocycles. The van der Waals surface area contributed by atoms with Crippen molar-refractivity contribution in [1.29, 1.82) is 0 Å². The SMILES string of the molecule is Fc1ccc(F)c(N=C2CCc3ccccc32)c1. The lowest BCUT2D eigenvalue weighted by Gasteiger charge is -2.01. The van der Waals surface area contributed by atoms with Gasteiger partial charge in [-0.2, -0.15) is 0 Å². The monoisotopic (exact) mass is 243 g/mol. The number of aryl methyl sites for hydroxylation is 1. The molecule has 18 heavy (non-hydrogen) atoms. The molecule has 0 atom stereocenters. The Morgan fingerprint density at radius 1 is 0.944 bits per heavy atom. The summed E-state index contributed by atoms with van der Waals surface area (Å²) in [4.78, 5) is 4.26. The minimum absolute atomic E-state index is 0.0710. The van der Waals surface area contributed by atoms with E-state index in [1.165, 1.54) is 5.56 Å². The van der Waals surface area contributed by atoms with Gasteiger partial charge in [0.15, 0.2) is 0 Å². The van der Waals surface area contributed by atoms with Crippen molar-refractivity contribution in [1.82, 2.24) is 0 Å². The number of benzene rings is 2. The average molecular weight is 243 g/mol. The van der Waals surface area contributed by atoms with Crippen molar-refractivity contribution in [3.63, 3.8) is 0 Å². The van der Waals surface area contributed by atoms with Crippen LogP contribution in [0.15, 0.2) is 47.5 Å². The molecule has 0 spiro atoms. The van der Waals surface area contributed by atoms with Gasteiger partial charge in [0.25, 0.3) is 0 Å². The molecular formula is C15H11F2N. The maximum Gasteiger partial charge on any atom is 0.149 e. The van der Waals surface area contributed by atoms with Crippen LogP contribution in [0.2, 0.25) is 0 Å². The first kappa shape index (κ1) is 11.1. The lowest BCUT2D eigenvalue weighted by atomic mass is 10.1. The van der Waals surface area contributed by atoms with Crippen LogP contribution in [0.25, 0.3) is 0 Å². The molecule has 3 rings (SSSR count). The summed E-state index contributed by atoms with van der Waals surface area (Å²) in [6, 6.07) is 11.3. The molecule has 0 heterocycles. The van der Waals surface area contributed by atoms with E-state index in [0.29, 0.717) is 0 Å². The van der Waals surface area contributed by atoms with Crippen LogP contribution in [0.4, 0.5) is 14.5 Å². The van der Waals surface area contributed by atoms with Crippen LogP contribution in [-0.2, 0) is 6.42 Å². The molecule has 0 fully saturated rings. The Morgan fingerprint density at radius 3 is 2.67 bits per heavy atom. The maximum atomic E-state index is 13.5. The topological polar surface area (TPSA) is 12.4 Å². The third-order valence-corrected chi connectivity index (χ3v) is 3.12. The van der Waals surface area contributed by atoms with Gasteiger partial charge in [-0.25, -0.2) is 13.8 Å². The Hall–Kier alpha value is -2.03.